The van der Waals surface area contributed by atoms with E-state index in [1.807, 2.05) is 13.0 Å². The Hall–Kier alpha value is -2.87. The minimum absolute atomic E-state index is 0.0297. The van der Waals surface area contributed by atoms with Gasteiger partial charge in [-0.3, -0.25) is 14.6 Å². The Kier molecular flexibility index (Phi) is 5.51. The van der Waals surface area contributed by atoms with E-state index in [1.165, 1.54) is 12.1 Å². The van der Waals surface area contributed by atoms with E-state index in [2.05, 4.69) is 4.98 Å². The Morgan fingerprint density at radius 3 is 2.77 bits per heavy atom. The molecule has 1 unspecified atom stereocenters. The summed E-state index contributed by atoms with van der Waals surface area (Å²) in [6, 6.07) is 9.66. The summed E-state index contributed by atoms with van der Waals surface area (Å²) >= 11 is 1.56. The van der Waals surface area contributed by atoms with Gasteiger partial charge in [-0.25, -0.2) is 4.39 Å². The number of pyridine rings is 1. The molecule has 4 rings (SSSR count). The van der Waals surface area contributed by atoms with Crippen LogP contribution in [0.5, 0.6) is 0 Å². The third kappa shape index (κ3) is 3.67. The fourth-order valence-corrected chi connectivity index (χ4v) is 5.32. The van der Waals surface area contributed by atoms with Crippen LogP contribution in [0, 0.1) is 5.82 Å². The van der Waals surface area contributed by atoms with Crippen LogP contribution in [0.2, 0.25) is 0 Å². The highest BCUT2D eigenvalue weighted by Gasteiger charge is 2.32. The average molecular weight is 428 g/mol. The lowest BCUT2D eigenvalue weighted by atomic mass is 9.98. The Morgan fingerprint density at radius 1 is 1.33 bits per heavy atom. The van der Waals surface area contributed by atoms with E-state index >= 15 is 0 Å². The number of halogens is 1. The van der Waals surface area contributed by atoms with Gasteiger partial charge in [0.15, 0.2) is 0 Å². The van der Waals surface area contributed by atoms with E-state index in [0.29, 0.717) is 12.2 Å². The summed E-state index contributed by atoms with van der Waals surface area (Å²) in [6.45, 7) is 1.71. The van der Waals surface area contributed by atoms with Gasteiger partial charge in [0.25, 0.3) is 0 Å². The summed E-state index contributed by atoms with van der Waals surface area (Å²) < 4.78 is 15.0. The van der Waals surface area contributed by atoms with Crippen molar-refractivity contribution in [3.05, 3.63) is 59.5 Å². The van der Waals surface area contributed by atoms with Crippen LogP contribution >= 0.6 is 11.8 Å². The first-order valence-corrected chi connectivity index (χ1v) is 10.7. The maximum atomic E-state index is 13.2. The van der Waals surface area contributed by atoms with E-state index < -0.39 is 5.97 Å². The summed E-state index contributed by atoms with van der Waals surface area (Å²) in [7, 11) is 1.79. The molecule has 6 nitrogen and oxygen atoms in total. The van der Waals surface area contributed by atoms with Crippen molar-refractivity contribution < 1.29 is 19.1 Å². The normalized spacial score (nSPS) is 16.8. The molecular formula is C22H22FN3O3S. The zero-order chi connectivity index (χ0) is 21.4. The van der Waals surface area contributed by atoms with Crippen molar-refractivity contribution >= 4 is 34.7 Å². The molecule has 1 amide bonds. The molecule has 0 fully saturated rings. The third-order valence-electron chi connectivity index (χ3n) is 5.65. The van der Waals surface area contributed by atoms with Gasteiger partial charge in [-0.2, -0.15) is 0 Å². The molecule has 8 heteroatoms. The number of likely N-dealkylation sites (N-methyl/N-ethyl adjacent to an activating group) is 1. The fourth-order valence-electron chi connectivity index (χ4n) is 3.96. The van der Waals surface area contributed by atoms with Crippen LogP contribution in [0.25, 0.3) is 11.0 Å². The van der Waals surface area contributed by atoms with Gasteiger partial charge in [-0.1, -0.05) is 12.1 Å². The Labute approximate surface area is 177 Å². The maximum absolute atomic E-state index is 13.2. The summed E-state index contributed by atoms with van der Waals surface area (Å²) in [6.07, 6.45) is 2.31. The zero-order valence-corrected chi connectivity index (χ0v) is 17.5. The van der Waals surface area contributed by atoms with Gasteiger partial charge in [-0.05, 0) is 43.2 Å². The summed E-state index contributed by atoms with van der Waals surface area (Å²) in [4.78, 5) is 30.7. The monoisotopic (exact) mass is 427 g/mol. The molecule has 0 saturated heterocycles. The molecule has 1 aliphatic heterocycles. The molecule has 2 aromatic heterocycles. The predicted molar refractivity (Wildman–Crippen MR) is 113 cm³/mol. The summed E-state index contributed by atoms with van der Waals surface area (Å²) in [5.41, 5.74) is 3.35. The number of hydrogen-bond donors (Lipinski definition) is 1. The molecule has 156 valence electrons. The number of amides is 1. The molecule has 0 spiro atoms. The molecule has 2 atom stereocenters. The highest BCUT2D eigenvalue weighted by atomic mass is 32.2. The second-order valence-corrected chi connectivity index (χ2v) is 8.53. The molecule has 0 aliphatic carbocycles. The smallest absolute Gasteiger partial charge is 0.323 e. The number of carbonyl (C=O) groups is 2. The van der Waals surface area contributed by atoms with Gasteiger partial charge < -0.3 is 14.6 Å². The highest BCUT2D eigenvalue weighted by molar-refractivity contribution is 7.99. The minimum atomic E-state index is -0.901. The van der Waals surface area contributed by atoms with Crippen LogP contribution in [-0.2, 0) is 22.6 Å². The number of benzene rings is 1. The number of carboxylic acid groups (broad SMARTS) is 1. The van der Waals surface area contributed by atoms with Crippen molar-refractivity contribution in [1.82, 2.24) is 14.5 Å². The zero-order valence-electron chi connectivity index (χ0n) is 16.7. The number of aliphatic carboxylic acids is 1. The van der Waals surface area contributed by atoms with E-state index in [4.69, 9.17) is 0 Å². The quantitative estimate of drug-likeness (QED) is 0.674. The van der Waals surface area contributed by atoms with Crippen molar-refractivity contribution in [1.29, 1.82) is 0 Å². The number of rotatable bonds is 5. The Morgan fingerprint density at radius 2 is 2.07 bits per heavy atom. The van der Waals surface area contributed by atoms with Crippen molar-refractivity contribution in [2.24, 2.45) is 0 Å². The molecule has 30 heavy (non-hydrogen) atoms. The van der Waals surface area contributed by atoms with Crippen LogP contribution in [0.4, 0.5) is 4.39 Å². The van der Waals surface area contributed by atoms with Crippen molar-refractivity contribution in [2.75, 3.05) is 12.8 Å². The first-order valence-electron chi connectivity index (χ1n) is 9.69. The van der Waals surface area contributed by atoms with Gasteiger partial charge >= 0.3 is 5.97 Å². The van der Waals surface area contributed by atoms with Gasteiger partial charge in [0.2, 0.25) is 5.91 Å². The fraction of sp³-hybridized carbons (Fsp3) is 0.318. The Bertz CT molecular complexity index is 1110. The number of fused-ring (bicyclic) bond motifs is 3. The van der Waals surface area contributed by atoms with Crippen molar-refractivity contribution in [3.8, 4) is 0 Å². The van der Waals surface area contributed by atoms with Crippen molar-refractivity contribution in [3.63, 3.8) is 0 Å². The molecule has 1 N–H and O–H groups in total. The van der Waals surface area contributed by atoms with E-state index in [0.717, 1.165) is 27.2 Å². The minimum Gasteiger partial charge on any atom is -0.480 e. The molecule has 0 bridgehead atoms. The second-order valence-electron chi connectivity index (χ2n) is 7.53. The number of carboxylic acids is 1. The molecule has 3 aromatic rings. The molecule has 1 aliphatic rings. The Balaban J connectivity index is 1.60. The first kappa shape index (κ1) is 20.4. The van der Waals surface area contributed by atoms with Crippen LogP contribution < -0.4 is 0 Å². The van der Waals surface area contributed by atoms with E-state index in [9.17, 15) is 19.1 Å². The number of nitrogens with zero attached hydrogens (tertiary/aromatic N) is 3. The van der Waals surface area contributed by atoms with Gasteiger partial charge in [-0.15, -0.1) is 11.8 Å². The molecular weight excluding hydrogens is 405 g/mol. The molecule has 1 aromatic carbocycles. The maximum Gasteiger partial charge on any atom is 0.323 e. The number of carbonyl (C=O) groups excluding carboxylic acids is 1. The van der Waals surface area contributed by atoms with Crippen LogP contribution in [0.3, 0.4) is 0 Å². The van der Waals surface area contributed by atoms with E-state index in [1.54, 1.807) is 52.7 Å². The molecule has 0 radical (unpaired) electrons. The number of hydrogen-bond acceptors (Lipinski definition) is 4. The van der Waals surface area contributed by atoms with Gasteiger partial charge in [0, 0.05) is 30.6 Å². The summed E-state index contributed by atoms with van der Waals surface area (Å²) in [5.74, 6) is -0.970. The number of thioether (sulfide) groups is 1. The third-order valence-corrected chi connectivity index (χ3v) is 6.94. The second kappa shape index (κ2) is 8.10. The highest BCUT2D eigenvalue weighted by Crippen LogP contribution is 2.38. The van der Waals surface area contributed by atoms with E-state index in [-0.39, 0.29) is 30.2 Å². The molecule has 3 heterocycles. The lowest BCUT2D eigenvalue weighted by Crippen LogP contribution is -2.43. The van der Waals surface area contributed by atoms with Crippen LogP contribution in [0.15, 0.2) is 47.6 Å². The van der Waals surface area contributed by atoms with Crippen LogP contribution in [0.1, 0.15) is 24.0 Å². The van der Waals surface area contributed by atoms with Gasteiger partial charge in [0.1, 0.15) is 12.4 Å². The van der Waals surface area contributed by atoms with Crippen molar-refractivity contribution in [2.45, 2.75) is 36.9 Å². The average Bonchev–Trinajstić information content (AvgIpc) is 3.05. The SMILES string of the molecule is CC(C(=O)N(C)[C@@H]1CSc2c(c3ncccc3n2CC(=O)O)C1)c1ccc(F)cc1. The first-order chi connectivity index (χ1) is 14.4. The standard InChI is InChI=1S/C22H22FN3O3S/c1-13(14-5-7-15(23)8-6-14)21(29)25(2)16-10-17-20-18(4-3-9-24-20)26(11-19(27)28)22(17)30-12-16/h3-9,13,16H,10-12H2,1-2H3,(H,27,28)/t13?,16-/m0/s1. The topological polar surface area (TPSA) is 75.4 Å². The lowest BCUT2D eigenvalue weighted by molar-refractivity contribution is -0.137. The molecule has 0 saturated carbocycles. The number of aromatic nitrogens is 2. The van der Waals surface area contributed by atoms with Gasteiger partial charge in [0.05, 0.1) is 22.0 Å². The largest absolute Gasteiger partial charge is 0.480 e. The lowest BCUT2D eigenvalue weighted by Gasteiger charge is -2.33. The van der Waals surface area contributed by atoms with Crippen LogP contribution in [-0.4, -0.2) is 50.3 Å². The summed E-state index contributed by atoms with van der Waals surface area (Å²) in [5, 5.41) is 10.2. The predicted octanol–water partition coefficient (Wildman–Crippen LogP) is 3.54.